The molecule has 10 nitrogen and oxygen atoms in total. The maximum atomic E-state index is 14.1. The van der Waals surface area contributed by atoms with Crippen LogP contribution in [0.1, 0.15) is 43.9 Å². The minimum absolute atomic E-state index is 0.0685. The number of ketones is 1. The average Bonchev–Trinajstić information content (AvgIpc) is 2.96. The second kappa shape index (κ2) is 18.0. The number of carboxylic acids is 1. The van der Waals surface area contributed by atoms with E-state index in [2.05, 4.69) is 15.4 Å². The number of Topliss-reactive ketones (excluding diaryl/α,β-unsaturated/α-hetero) is 1. The highest BCUT2D eigenvalue weighted by Gasteiger charge is 2.30. The van der Waals surface area contributed by atoms with Crippen molar-refractivity contribution in [3.05, 3.63) is 70.0 Å². The van der Waals surface area contributed by atoms with Crippen molar-refractivity contribution in [2.75, 3.05) is 19.5 Å². The van der Waals surface area contributed by atoms with Gasteiger partial charge >= 0.3 is 11.9 Å². The van der Waals surface area contributed by atoms with E-state index in [4.69, 9.17) is 16.3 Å². The lowest BCUT2D eigenvalue weighted by Crippen LogP contribution is -2.54. The highest BCUT2D eigenvalue weighted by molar-refractivity contribution is 7.99. The SMILES string of the molecule is CCOc1ccc(C=CC(=O)OC)cc1CC(=O)N[C@H](C(=O)NC(CC(=O)O)C(=O)CSCc1c(F)cccc1Cl)C(C)C. The molecule has 0 aliphatic heterocycles. The lowest BCUT2D eigenvalue weighted by molar-refractivity contribution is -0.140. The summed E-state index contributed by atoms with van der Waals surface area (Å²) in [6.45, 7) is 5.51. The zero-order chi connectivity index (χ0) is 32.8. The summed E-state index contributed by atoms with van der Waals surface area (Å²) in [5.41, 5.74) is 1.33. The van der Waals surface area contributed by atoms with Crippen molar-refractivity contribution in [1.29, 1.82) is 0 Å². The zero-order valence-corrected chi connectivity index (χ0v) is 26.4. The van der Waals surface area contributed by atoms with E-state index >= 15 is 0 Å². The van der Waals surface area contributed by atoms with E-state index < -0.39 is 59.8 Å². The molecule has 2 amide bonds. The van der Waals surface area contributed by atoms with Gasteiger partial charge in [-0.05, 0) is 48.7 Å². The van der Waals surface area contributed by atoms with E-state index in [-0.39, 0.29) is 28.5 Å². The molecule has 0 heterocycles. The van der Waals surface area contributed by atoms with Crippen molar-refractivity contribution in [1.82, 2.24) is 10.6 Å². The number of carbonyl (C=O) groups is 5. The Kier molecular flexibility index (Phi) is 14.9. The third kappa shape index (κ3) is 11.6. The largest absolute Gasteiger partial charge is 0.494 e. The number of nitrogens with one attached hydrogen (secondary N) is 2. The number of ether oxygens (including phenoxy) is 2. The van der Waals surface area contributed by atoms with Gasteiger partial charge in [0.05, 0.1) is 38.4 Å². The van der Waals surface area contributed by atoms with E-state index in [1.54, 1.807) is 39.0 Å². The number of amides is 2. The molecule has 238 valence electrons. The quantitative estimate of drug-likeness (QED) is 0.169. The molecule has 0 saturated carbocycles. The summed E-state index contributed by atoms with van der Waals surface area (Å²) < 4.78 is 24.3. The van der Waals surface area contributed by atoms with Crippen molar-refractivity contribution in [3.8, 4) is 5.75 Å². The van der Waals surface area contributed by atoms with Crippen molar-refractivity contribution in [2.45, 2.75) is 51.4 Å². The van der Waals surface area contributed by atoms with E-state index in [0.717, 1.165) is 11.8 Å². The van der Waals surface area contributed by atoms with Gasteiger partial charge in [0.15, 0.2) is 5.78 Å². The zero-order valence-electron chi connectivity index (χ0n) is 24.9. The van der Waals surface area contributed by atoms with Crippen molar-refractivity contribution in [3.63, 3.8) is 0 Å². The number of hydrogen-bond acceptors (Lipinski definition) is 8. The van der Waals surface area contributed by atoms with Gasteiger partial charge in [-0.1, -0.05) is 37.6 Å². The number of halogens is 2. The summed E-state index contributed by atoms with van der Waals surface area (Å²) in [6.07, 6.45) is 1.92. The van der Waals surface area contributed by atoms with Gasteiger partial charge in [0.25, 0.3) is 0 Å². The van der Waals surface area contributed by atoms with Crippen molar-refractivity contribution < 1.29 is 42.9 Å². The Morgan fingerprint density at radius 1 is 1.11 bits per heavy atom. The molecule has 2 aromatic rings. The molecule has 0 aromatic heterocycles. The Bertz CT molecular complexity index is 1360. The van der Waals surface area contributed by atoms with Gasteiger partial charge in [-0.15, -0.1) is 11.8 Å². The number of rotatable bonds is 17. The number of aliphatic carboxylic acids is 1. The number of carbonyl (C=O) groups excluding carboxylic acids is 4. The fraction of sp³-hybridized carbons (Fsp3) is 0.387. The van der Waals surface area contributed by atoms with Gasteiger partial charge < -0.3 is 25.2 Å². The molecule has 13 heteroatoms. The van der Waals surface area contributed by atoms with Crippen LogP contribution < -0.4 is 15.4 Å². The molecule has 0 aliphatic rings. The third-order valence-corrected chi connectivity index (χ3v) is 7.59. The lowest BCUT2D eigenvalue weighted by Gasteiger charge is -2.25. The predicted molar refractivity (Wildman–Crippen MR) is 166 cm³/mol. The molecule has 2 rings (SSSR count). The van der Waals surface area contributed by atoms with Gasteiger partial charge in [-0.3, -0.25) is 19.2 Å². The van der Waals surface area contributed by atoms with E-state index in [9.17, 15) is 33.5 Å². The third-order valence-electron chi connectivity index (χ3n) is 6.25. The number of carboxylic acid groups (broad SMARTS) is 1. The van der Waals surface area contributed by atoms with Crippen LogP contribution in [0.2, 0.25) is 5.02 Å². The Labute approximate surface area is 264 Å². The van der Waals surface area contributed by atoms with Crippen LogP contribution in [0, 0.1) is 11.7 Å². The van der Waals surface area contributed by atoms with Crippen LogP contribution in [0.15, 0.2) is 42.5 Å². The van der Waals surface area contributed by atoms with Gasteiger partial charge in [0, 0.05) is 28.0 Å². The van der Waals surface area contributed by atoms with Crippen molar-refractivity contribution >= 4 is 59.0 Å². The van der Waals surface area contributed by atoms with Crippen LogP contribution in [0.25, 0.3) is 6.08 Å². The van der Waals surface area contributed by atoms with Crippen LogP contribution in [-0.2, 0) is 40.9 Å². The fourth-order valence-corrected chi connectivity index (χ4v) is 5.32. The lowest BCUT2D eigenvalue weighted by atomic mass is 10.0. The number of esters is 1. The Hall–Kier alpha value is -3.90. The molecule has 0 radical (unpaired) electrons. The molecule has 0 bridgehead atoms. The van der Waals surface area contributed by atoms with E-state index in [1.165, 1.54) is 37.5 Å². The molecular formula is C31H36ClFN2O8S. The normalized spacial score (nSPS) is 12.4. The molecule has 0 fully saturated rings. The number of methoxy groups -OCH3 is 1. The molecule has 2 atom stereocenters. The summed E-state index contributed by atoms with van der Waals surface area (Å²) in [6, 6.07) is 6.80. The van der Waals surface area contributed by atoms with Gasteiger partial charge in [0.2, 0.25) is 11.8 Å². The second-order valence-corrected chi connectivity index (χ2v) is 11.3. The molecule has 0 spiro atoms. The number of thioether (sulfide) groups is 1. The maximum Gasteiger partial charge on any atom is 0.330 e. The molecule has 1 unspecified atom stereocenters. The minimum Gasteiger partial charge on any atom is -0.494 e. The Morgan fingerprint density at radius 2 is 1.84 bits per heavy atom. The van der Waals surface area contributed by atoms with Crippen LogP contribution in [0.4, 0.5) is 4.39 Å². The topological polar surface area (TPSA) is 148 Å². The molecular weight excluding hydrogens is 615 g/mol. The van der Waals surface area contributed by atoms with Gasteiger partial charge in [-0.25, -0.2) is 9.18 Å². The standard InChI is InChI=1S/C31H36ClFN2O8S/c1-5-43-26-11-9-19(10-12-29(40)42-4)13-20(26)14-27(37)35-30(18(2)3)31(41)34-24(15-28(38)39)25(36)17-44-16-21-22(32)7-6-8-23(21)33/h6-13,18,24,30H,5,14-17H2,1-4H3,(H,34,41)(H,35,37)(H,38,39)/t24?,30-/m0/s1. The first kappa shape index (κ1) is 36.3. The molecule has 0 aliphatic carbocycles. The Morgan fingerprint density at radius 3 is 2.45 bits per heavy atom. The number of benzene rings is 2. The molecule has 0 saturated heterocycles. The van der Waals surface area contributed by atoms with Crippen LogP contribution in [0.5, 0.6) is 5.75 Å². The first-order valence-electron chi connectivity index (χ1n) is 13.7. The number of hydrogen-bond donors (Lipinski definition) is 3. The van der Waals surface area contributed by atoms with Crippen LogP contribution in [0.3, 0.4) is 0 Å². The van der Waals surface area contributed by atoms with E-state index in [1.807, 2.05) is 0 Å². The van der Waals surface area contributed by atoms with Gasteiger partial charge in [-0.2, -0.15) is 0 Å². The second-order valence-electron chi connectivity index (χ2n) is 9.94. The monoisotopic (exact) mass is 650 g/mol. The van der Waals surface area contributed by atoms with Gasteiger partial charge in [0.1, 0.15) is 17.6 Å². The maximum absolute atomic E-state index is 14.1. The highest BCUT2D eigenvalue weighted by Crippen LogP contribution is 2.25. The first-order chi connectivity index (χ1) is 20.9. The van der Waals surface area contributed by atoms with Crippen molar-refractivity contribution in [2.24, 2.45) is 5.92 Å². The summed E-state index contributed by atoms with van der Waals surface area (Å²) in [4.78, 5) is 62.2. The predicted octanol–water partition coefficient (Wildman–Crippen LogP) is 4.21. The molecule has 3 N–H and O–H groups in total. The molecule has 44 heavy (non-hydrogen) atoms. The average molecular weight is 651 g/mol. The smallest absolute Gasteiger partial charge is 0.330 e. The summed E-state index contributed by atoms with van der Waals surface area (Å²) in [5, 5.41) is 14.7. The summed E-state index contributed by atoms with van der Waals surface area (Å²) >= 11 is 7.06. The Balaban J connectivity index is 2.13. The summed E-state index contributed by atoms with van der Waals surface area (Å²) in [5.74, 6) is -4.31. The summed E-state index contributed by atoms with van der Waals surface area (Å²) in [7, 11) is 1.26. The molecule has 2 aromatic carbocycles. The van der Waals surface area contributed by atoms with Crippen LogP contribution >= 0.6 is 23.4 Å². The minimum atomic E-state index is -1.37. The highest BCUT2D eigenvalue weighted by atomic mass is 35.5. The van der Waals surface area contributed by atoms with Crippen LogP contribution in [-0.4, -0.2) is 66.2 Å². The van der Waals surface area contributed by atoms with E-state index in [0.29, 0.717) is 23.5 Å². The fourth-order valence-electron chi connectivity index (χ4n) is 4.01. The first-order valence-corrected chi connectivity index (χ1v) is 15.3.